The molecule has 0 aliphatic heterocycles. The lowest BCUT2D eigenvalue weighted by molar-refractivity contribution is 0.578. The zero-order valence-electron chi connectivity index (χ0n) is 8.63. The number of aromatic nitrogens is 3. The lowest BCUT2D eigenvalue weighted by Crippen LogP contribution is -2.03. The molecule has 0 bridgehead atoms. The minimum atomic E-state index is -0.561. The molecule has 0 amide bonds. The van der Waals surface area contributed by atoms with Gasteiger partial charge in [0.2, 0.25) is 0 Å². The highest BCUT2D eigenvalue weighted by Gasteiger charge is 2.14. The van der Waals surface area contributed by atoms with Crippen LogP contribution in [0.15, 0.2) is 16.6 Å². The Morgan fingerprint density at radius 3 is 2.50 bits per heavy atom. The molecule has 2 aromatic rings. The van der Waals surface area contributed by atoms with Crippen LogP contribution in [0.5, 0.6) is 0 Å². The first-order chi connectivity index (χ1) is 7.49. The molecule has 0 aliphatic carbocycles. The summed E-state index contributed by atoms with van der Waals surface area (Å²) in [4.78, 5) is 4.04. The van der Waals surface area contributed by atoms with Crippen LogP contribution in [-0.2, 0) is 0 Å². The highest BCUT2D eigenvalue weighted by Crippen LogP contribution is 2.24. The molecule has 1 heterocycles. The molecular formula is C10H8BrF2N3. The lowest BCUT2D eigenvalue weighted by atomic mass is 10.3. The predicted molar refractivity (Wildman–Crippen MR) is 58.4 cm³/mol. The molecule has 1 aromatic carbocycles. The quantitative estimate of drug-likeness (QED) is 0.755. The molecule has 2 rings (SSSR count). The lowest BCUT2D eigenvalue weighted by Gasteiger charge is -2.06. The van der Waals surface area contributed by atoms with E-state index in [9.17, 15) is 8.78 Å². The van der Waals surface area contributed by atoms with Crippen LogP contribution in [0, 0.1) is 25.5 Å². The summed E-state index contributed by atoms with van der Waals surface area (Å²) >= 11 is 2.95. The van der Waals surface area contributed by atoms with Crippen molar-refractivity contribution < 1.29 is 8.78 Å². The SMILES string of the molecule is Cc1nc(C)n(-c2cc(F)cc(Br)c2F)n1. The van der Waals surface area contributed by atoms with Crippen LogP contribution < -0.4 is 0 Å². The third kappa shape index (κ3) is 1.84. The molecule has 0 atom stereocenters. The van der Waals surface area contributed by atoms with E-state index in [1.54, 1.807) is 13.8 Å². The Hall–Kier alpha value is -1.30. The number of halogens is 3. The topological polar surface area (TPSA) is 30.7 Å². The zero-order valence-corrected chi connectivity index (χ0v) is 10.2. The molecule has 84 valence electrons. The molecule has 0 saturated carbocycles. The molecule has 16 heavy (non-hydrogen) atoms. The molecule has 1 aromatic heterocycles. The van der Waals surface area contributed by atoms with Crippen molar-refractivity contribution in [1.82, 2.24) is 14.8 Å². The van der Waals surface area contributed by atoms with E-state index in [0.717, 1.165) is 12.1 Å². The first kappa shape index (κ1) is 11.2. The van der Waals surface area contributed by atoms with Crippen molar-refractivity contribution in [3.05, 3.63) is 39.9 Å². The maximum absolute atomic E-state index is 13.8. The van der Waals surface area contributed by atoms with Gasteiger partial charge in [0, 0.05) is 6.07 Å². The molecular weight excluding hydrogens is 280 g/mol. The Labute approximate surface area is 99.2 Å². The molecule has 0 radical (unpaired) electrons. The van der Waals surface area contributed by atoms with Crippen LogP contribution in [0.2, 0.25) is 0 Å². The van der Waals surface area contributed by atoms with Crippen LogP contribution >= 0.6 is 15.9 Å². The monoisotopic (exact) mass is 287 g/mol. The number of nitrogens with zero attached hydrogens (tertiary/aromatic N) is 3. The summed E-state index contributed by atoms with van der Waals surface area (Å²) < 4.78 is 28.3. The third-order valence-corrected chi connectivity index (χ3v) is 2.65. The van der Waals surface area contributed by atoms with E-state index < -0.39 is 11.6 Å². The fourth-order valence-electron chi connectivity index (χ4n) is 1.45. The third-order valence-electron chi connectivity index (χ3n) is 2.08. The van der Waals surface area contributed by atoms with Gasteiger partial charge < -0.3 is 0 Å². The van der Waals surface area contributed by atoms with Gasteiger partial charge in [0.1, 0.15) is 23.2 Å². The minimum Gasteiger partial charge on any atom is -0.217 e. The van der Waals surface area contributed by atoms with E-state index in [4.69, 9.17) is 0 Å². The molecule has 3 nitrogen and oxygen atoms in total. The smallest absolute Gasteiger partial charge is 0.163 e. The van der Waals surface area contributed by atoms with Gasteiger partial charge in [-0.1, -0.05) is 0 Å². The highest BCUT2D eigenvalue weighted by atomic mass is 79.9. The second kappa shape index (κ2) is 3.93. The maximum atomic E-state index is 13.8. The van der Waals surface area contributed by atoms with Crippen LogP contribution in [-0.4, -0.2) is 14.8 Å². The summed E-state index contributed by atoms with van der Waals surface area (Å²) in [7, 11) is 0. The summed E-state index contributed by atoms with van der Waals surface area (Å²) in [5.74, 6) is -0.0728. The molecule has 0 saturated heterocycles. The summed E-state index contributed by atoms with van der Waals surface area (Å²) in [5.41, 5.74) is 0.0463. The molecule has 0 spiro atoms. The largest absolute Gasteiger partial charge is 0.217 e. The average molecular weight is 288 g/mol. The van der Waals surface area contributed by atoms with Crippen LogP contribution in [0.3, 0.4) is 0 Å². The van der Waals surface area contributed by atoms with E-state index in [1.165, 1.54) is 4.68 Å². The molecule has 6 heteroatoms. The van der Waals surface area contributed by atoms with Gasteiger partial charge in [0.25, 0.3) is 0 Å². The second-order valence-electron chi connectivity index (χ2n) is 3.34. The number of benzene rings is 1. The Kier molecular flexibility index (Phi) is 2.75. The molecule has 0 N–H and O–H groups in total. The van der Waals surface area contributed by atoms with Crippen LogP contribution in [0.25, 0.3) is 5.69 Å². The summed E-state index contributed by atoms with van der Waals surface area (Å²) in [6, 6.07) is 2.15. The van der Waals surface area contributed by atoms with Gasteiger partial charge in [-0.15, -0.1) is 0 Å². The Balaban J connectivity index is 2.68. The van der Waals surface area contributed by atoms with Gasteiger partial charge in [-0.05, 0) is 35.8 Å². The van der Waals surface area contributed by atoms with Gasteiger partial charge in [-0.25, -0.2) is 18.4 Å². The van der Waals surface area contributed by atoms with Crippen molar-refractivity contribution in [2.24, 2.45) is 0 Å². The van der Waals surface area contributed by atoms with Crippen molar-refractivity contribution in [3.8, 4) is 5.69 Å². The normalized spacial score (nSPS) is 10.8. The molecule has 0 aliphatic rings. The van der Waals surface area contributed by atoms with E-state index >= 15 is 0 Å². The summed E-state index contributed by atoms with van der Waals surface area (Å²) in [6.45, 7) is 3.37. The van der Waals surface area contributed by atoms with Gasteiger partial charge in [0.05, 0.1) is 4.47 Å². The van der Waals surface area contributed by atoms with Crippen molar-refractivity contribution >= 4 is 15.9 Å². The number of rotatable bonds is 1. The number of hydrogen-bond donors (Lipinski definition) is 0. The van der Waals surface area contributed by atoms with Crippen molar-refractivity contribution in [2.45, 2.75) is 13.8 Å². The van der Waals surface area contributed by atoms with E-state index in [-0.39, 0.29) is 10.2 Å². The predicted octanol–water partition coefficient (Wildman–Crippen LogP) is 2.92. The summed E-state index contributed by atoms with van der Waals surface area (Å²) in [5, 5.41) is 4.00. The van der Waals surface area contributed by atoms with Crippen molar-refractivity contribution in [1.29, 1.82) is 0 Å². The fourth-order valence-corrected chi connectivity index (χ4v) is 1.87. The van der Waals surface area contributed by atoms with Crippen molar-refractivity contribution in [2.75, 3.05) is 0 Å². The van der Waals surface area contributed by atoms with Crippen molar-refractivity contribution in [3.63, 3.8) is 0 Å². The van der Waals surface area contributed by atoms with Gasteiger partial charge in [-0.2, -0.15) is 5.10 Å². The number of hydrogen-bond acceptors (Lipinski definition) is 2. The Morgan fingerprint density at radius 1 is 1.25 bits per heavy atom. The fraction of sp³-hybridized carbons (Fsp3) is 0.200. The first-order valence-corrected chi connectivity index (χ1v) is 5.33. The Morgan fingerprint density at radius 2 is 1.94 bits per heavy atom. The van der Waals surface area contributed by atoms with Gasteiger partial charge in [-0.3, -0.25) is 0 Å². The van der Waals surface area contributed by atoms with Gasteiger partial charge >= 0.3 is 0 Å². The average Bonchev–Trinajstić information content (AvgIpc) is 2.51. The summed E-state index contributed by atoms with van der Waals surface area (Å²) in [6.07, 6.45) is 0. The minimum absolute atomic E-state index is 0.0463. The van der Waals surface area contributed by atoms with Crippen LogP contribution in [0.4, 0.5) is 8.78 Å². The van der Waals surface area contributed by atoms with E-state index in [2.05, 4.69) is 26.0 Å². The maximum Gasteiger partial charge on any atom is 0.163 e. The van der Waals surface area contributed by atoms with Gasteiger partial charge in [0.15, 0.2) is 5.82 Å². The molecule has 0 fully saturated rings. The highest BCUT2D eigenvalue weighted by molar-refractivity contribution is 9.10. The second-order valence-corrected chi connectivity index (χ2v) is 4.19. The molecule has 0 unspecified atom stereocenters. The zero-order chi connectivity index (χ0) is 11.9. The van der Waals surface area contributed by atoms with E-state index in [0.29, 0.717) is 11.6 Å². The Bertz CT molecular complexity index is 551. The standard InChI is InChI=1S/C10H8BrF2N3/c1-5-14-6(2)16(15-5)9-4-7(12)3-8(11)10(9)13/h3-4H,1-2H3. The van der Waals surface area contributed by atoms with Crippen LogP contribution in [0.1, 0.15) is 11.6 Å². The van der Waals surface area contributed by atoms with E-state index in [1.807, 2.05) is 0 Å². The first-order valence-electron chi connectivity index (χ1n) is 4.54. The number of aryl methyl sites for hydroxylation is 2.